The van der Waals surface area contributed by atoms with Gasteiger partial charge in [0.1, 0.15) is 17.6 Å². The van der Waals surface area contributed by atoms with Crippen LogP contribution in [0.5, 0.6) is 17.4 Å². The van der Waals surface area contributed by atoms with Crippen LogP contribution in [0, 0.1) is 0 Å². The molecule has 3 rings (SSSR count). The molecule has 1 heterocycles. The summed E-state index contributed by atoms with van der Waals surface area (Å²) >= 11 is 0. The molecule has 1 aromatic heterocycles. The Hall–Kier alpha value is -3.62. The summed E-state index contributed by atoms with van der Waals surface area (Å²) in [5.41, 5.74) is -0.384. The minimum atomic E-state index is -4.44. The summed E-state index contributed by atoms with van der Waals surface area (Å²) in [6, 6.07) is 9.76. The average molecular weight is 418 g/mol. The fraction of sp³-hybridized carbons (Fsp3) is 0.190. The van der Waals surface area contributed by atoms with E-state index < -0.39 is 17.7 Å². The molecule has 0 amide bonds. The number of alkyl halides is 3. The molecule has 0 radical (unpaired) electrons. The number of carbonyl (C=O) groups is 1. The van der Waals surface area contributed by atoms with Crippen LogP contribution in [0.15, 0.2) is 60.8 Å². The smallest absolute Gasteiger partial charge is 0.416 e. The van der Waals surface area contributed by atoms with Crippen LogP contribution in [0.1, 0.15) is 12.5 Å². The van der Waals surface area contributed by atoms with Gasteiger partial charge in [0.2, 0.25) is 5.88 Å². The molecule has 0 spiro atoms. The summed E-state index contributed by atoms with van der Waals surface area (Å²) in [7, 11) is 1.29. The van der Waals surface area contributed by atoms with Gasteiger partial charge in [0.05, 0.1) is 29.9 Å². The third kappa shape index (κ3) is 5.47. The van der Waals surface area contributed by atoms with E-state index in [2.05, 4.69) is 14.7 Å². The number of hydrogen-bond acceptors (Lipinski definition) is 6. The molecule has 0 bridgehead atoms. The number of benzene rings is 2. The number of ether oxygens (including phenoxy) is 3. The van der Waals surface area contributed by atoms with Crippen LogP contribution in [0.3, 0.4) is 0 Å². The number of halogens is 3. The molecule has 0 saturated carbocycles. The van der Waals surface area contributed by atoms with Gasteiger partial charge in [-0.05, 0) is 55.5 Å². The first kappa shape index (κ1) is 21.1. The van der Waals surface area contributed by atoms with E-state index in [1.54, 1.807) is 37.3 Å². The van der Waals surface area contributed by atoms with Gasteiger partial charge in [-0.25, -0.2) is 14.8 Å². The first-order valence-electron chi connectivity index (χ1n) is 8.79. The first-order valence-corrected chi connectivity index (χ1v) is 8.79. The predicted octanol–water partition coefficient (Wildman–Crippen LogP) is 4.94. The highest BCUT2D eigenvalue weighted by Gasteiger charge is 2.30. The summed E-state index contributed by atoms with van der Waals surface area (Å²) in [6.07, 6.45) is -0.707. The maximum Gasteiger partial charge on any atom is 0.416 e. The molecule has 30 heavy (non-hydrogen) atoms. The number of nitrogens with zero attached hydrogens (tertiary/aromatic N) is 2. The molecule has 0 saturated heterocycles. The standard InChI is InChI=1S/C21H17F3N2O4/c1-13(3-10-20(27)28-2)29-15-5-7-16(8-6-15)30-19-12-25-18-11-14(21(22,23)24)4-9-17(18)26-19/h3-13H,1-2H3/b10-3+. The fourth-order valence-corrected chi connectivity index (χ4v) is 2.46. The Labute approximate surface area is 169 Å². The molecule has 2 aromatic carbocycles. The number of rotatable bonds is 6. The van der Waals surface area contributed by atoms with Crippen molar-refractivity contribution in [2.24, 2.45) is 0 Å². The first-order chi connectivity index (χ1) is 14.2. The largest absolute Gasteiger partial charge is 0.487 e. The van der Waals surface area contributed by atoms with Crippen molar-refractivity contribution >= 4 is 17.0 Å². The van der Waals surface area contributed by atoms with E-state index in [1.165, 1.54) is 25.4 Å². The number of carbonyl (C=O) groups excluding carboxylic acids is 1. The minimum absolute atomic E-state index is 0.120. The summed E-state index contributed by atoms with van der Waals surface area (Å²) < 4.78 is 54.1. The molecule has 1 atom stereocenters. The van der Waals surface area contributed by atoms with Crippen molar-refractivity contribution in [1.29, 1.82) is 0 Å². The lowest BCUT2D eigenvalue weighted by atomic mass is 10.2. The quantitative estimate of drug-likeness (QED) is 0.417. The highest BCUT2D eigenvalue weighted by molar-refractivity contribution is 5.81. The van der Waals surface area contributed by atoms with Crippen LogP contribution in [-0.4, -0.2) is 29.2 Å². The van der Waals surface area contributed by atoms with Crippen molar-refractivity contribution in [3.8, 4) is 17.4 Å². The fourth-order valence-electron chi connectivity index (χ4n) is 2.46. The van der Waals surface area contributed by atoms with E-state index in [4.69, 9.17) is 9.47 Å². The minimum Gasteiger partial charge on any atom is -0.487 e. The number of aromatic nitrogens is 2. The molecular formula is C21H17F3N2O4. The van der Waals surface area contributed by atoms with Gasteiger partial charge in [0.25, 0.3) is 0 Å². The molecule has 0 N–H and O–H groups in total. The summed E-state index contributed by atoms with van der Waals surface area (Å²) in [5.74, 6) is 0.667. The second kappa shape index (κ2) is 8.81. The van der Waals surface area contributed by atoms with Gasteiger partial charge in [-0.1, -0.05) is 0 Å². The van der Waals surface area contributed by atoms with Crippen LogP contribution in [-0.2, 0) is 15.7 Å². The van der Waals surface area contributed by atoms with E-state index in [-0.39, 0.29) is 23.0 Å². The maximum absolute atomic E-state index is 12.8. The molecule has 6 nitrogen and oxygen atoms in total. The van der Waals surface area contributed by atoms with Gasteiger partial charge in [-0.15, -0.1) is 0 Å². The number of methoxy groups -OCH3 is 1. The third-order valence-electron chi connectivity index (χ3n) is 3.92. The van der Waals surface area contributed by atoms with E-state index in [0.29, 0.717) is 11.5 Å². The van der Waals surface area contributed by atoms with Gasteiger partial charge in [-0.3, -0.25) is 0 Å². The summed E-state index contributed by atoms with van der Waals surface area (Å²) in [6.45, 7) is 1.76. The number of fused-ring (bicyclic) bond motifs is 1. The SMILES string of the molecule is COC(=O)/C=C/C(C)Oc1ccc(Oc2cnc3cc(C(F)(F)F)ccc3n2)cc1. The predicted molar refractivity (Wildman–Crippen MR) is 102 cm³/mol. The van der Waals surface area contributed by atoms with Gasteiger partial charge in [0.15, 0.2) is 0 Å². The van der Waals surface area contributed by atoms with Gasteiger partial charge >= 0.3 is 12.1 Å². The highest BCUT2D eigenvalue weighted by Crippen LogP contribution is 2.31. The Morgan fingerprint density at radius 1 is 1.07 bits per heavy atom. The molecule has 0 aliphatic carbocycles. The Morgan fingerprint density at radius 3 is 2.43 bits per heavy atom. The lowest BCUT2D eigenvalue weighted by molar-refractivity contribution is -0.137. The zero-order chi connectivity index (χ0) is 21.7. The average Bonchev–Trinajstić information content (AvgIpc) is 2.72. The molecule has 0 aliphatic rings. The number of esters is 1. The Morgan fingerprint density at radius 2 is 1.77 bits per heavy atom. The van der Waals surface area contributed by atoms with Crippen LogP contribution in [0.4, 0.5) is 13.2 Å². The molecule has 9 heteroatoms. The Balaban J connectivity index is 1.67. The van der Waals surface area contributed by atoms with Crippen molar-refractivity contribution in [2.45, 2.75) is 19.2 Å². The Kier molecular flexibility index (Phi) is 6.20. The van der Waals surface area contributed by atoms with E-state index in [9.17, 15) is 18.0 Å². The van der Waals surface area contributed by atoms with Gasteiger partial charge in [0, 0.05) is 6.08 Å². The zero-order valence-corrected chi connectivity index (χ0v) is 16.0. The van der Waals surface area contributed by atoms with Crippen molar-refractivity contribution < 1.29 is 32.2 Å². The van der Waals surface area contributed by atoms with E-state index >= 15 is 0 Å². The van der Waals surface area contributed by atoms with Crippen LogP contribution in [0.2, 0.25) is 0 Å². The van der Waals surface area contributed by atoms with E-state index in [0.717, 1.165) is 12.1 Å². The second-order valence-corrected chi connectivity index (χ2v) is 6.19. The molecular weight excluding hydrogens is 401 g/mol. The Bertz CT molecular complexity index is 1070. The number of hydrogen-bond donors (Lipinski definition) is 0. The summed E-state index contributed by atoms with van der Waals surface area (Å²) in [5, 5.41) is 0. The highest BCUT2D eigenvalue weighted by atomic mass is 19.4. The molecule has 0 fully saturated rings. The van der Waals surface area contributed by atoms with Crippen molar-refractivity contribution in [2.75, 3.05) is 7.11 Å². The van der Waals surface area contributed by atoms with Crippen molar-refractivity contribution in [3.05, 3.63) is 66.4 Å². The van der Waals surface area contributed by atoms with Gasteiger partial charge < -0.3 is 14.2 Å². The topological polar surface area (TPSA) is 70.5 Å². The normalized spacial score (nSPS) is 12.7. The van der Waals surface area contributed by atoms with Crippen molar-refractivity contribution in [3.63, 3.8) is 0 Å². The second-order valence-electron chi connectivity index (χ2n) is 6.19. The maximum atomic E-state index is 12.8. The lowest BCUT2D eigenvalue weighted by Crippen LogP contribution is -2.09. The summed E-state index contributed by atoms with van der Waals surface area (Å²) in [4.78, 5) is 19.3. The van der Waals surface area contributed by atoms with Crippen LogP contribution in [0.25, 0.3) is 11.0 Å². The van der Waals surface area contributed by atoms with Gasteiger partial charge in [-0.2, -0.15) is 13.2 Å². The lowest BCUT2D eigenvalue weighted by Gasteiger charge is -2.12. The monoisotopic (exact) mass is 418 g/mol. The van der Waals surface area contributed by atoms with Crippen LogP contribution < -0.4 is 9.47 Å². The molecule has 3 aromatic rings. The van der Waals surface area contributed by atoms with Crippen LogP contribution >= 0.6 is 0 Å². The zero-order valence-electron chi connectivity index (χ0n) is 16.0. The molecule has 156 valence electrons. The van der Waals surface area contributed by atoms with Crippen molar-refractivity contribution in [1.82, 2.24) is 9.97 Å². The molecule has 0 aliphatic heterocycles. The molecule has 1 unspecified atom stereocenters. The third-order valence-corrected chi connectivity index (χ3v) is 3.92. The van der Waals surface area contributed by atoms with E-state index in [1.807, 2.05) is 0 Å².